The Hall–Kier alpha value is -2.47. The lowest BCUT2D eigenvalue weighted by Gasteiger charge is -2.20. The van der Waals surface area contributed by atoms with Crippen LogP contribution in [0.3, 0.4) is 0 Å². The number of rotatable bonds is 9. The average molecular weight is 540 g/mol. The Morgan fingerprint density at radius 3 is 2.58 bits per heavy atom. The number of carbonyl (C=O) groups is 1. The van der Waals surface area contributed by atoms with Crippen molar-refractivity contribution in [1.29, 1.82) is 0 Å². The molecule has 0 spiro atoms. The SMILES string of the molecule is NS(=O)(=O)c1ccc(CCNC(=O)/C(Cc2ccc(O)c(Br)c2)=N/OC2CCCCO2)cc1. The molecule has 2 aromatic carbocycles. The van der Waals surface area contributed by atoms with Crippen LogP contribution in [0.15, 0.2) is 57.0 Å². The van der Waals surface area contributed by atoms with E-state index >= 15 is 0 Å². The molecule has 0 radical (unpaired) electrons. The van der Waals surface area contributed by atoms with Crippen molar-refractivity contribution in [1.82, 2.24) is 5.32 Å². The lowest BCUT2D eigenvalue weighted by molar-refractivity contribution is -0.162. The molecule has 178 valence electrons. The van der Waals surface area contributed by atoms with E-state index in [2.05, 4.69) is 26.4 Å². The number of halogens is 1. The van der Waals surface area contributed by atoms with Crippen LogP contribution in [0, 0.1) is 0 Å². The number of sulfonamides is 1. The number of aromatic hydroxyl groups is 1. The summed E-state index contributed by atoms with van der Waals surface area (Å²) in [7, 11) is -3.74. The highest BCUT2D eigenvalue weighted by Crippen LogP contribution is 2.24. The van der Waals surface area contributed by atoms with Crippen molar-refractivity contribution < 1.29 is 27.9 Å². The molecule has 1 unspecified atom stereocenters. The first-order valence-corrected chi connectivity index (χ1v) is 12.8. The van der Waals surface area contributed by atoms with Crippen LogP contribution in [-0.2, 0) is 37.2 Å². The first kappa shape index (κ1) is 25.2. The van der Waals surface area contributed by atoms with Crippen molar-refractivity contribution in [2.24, 2.45) is 10.3 Å². The van der Waals surface area contributed by atoms with Crippen LogP contribution in [-0.4, -0.2) is 44.6 Å². The monoisotopic (exact) mass is 539 g/mol. The second kappa shape index (κ2) is 11.6. The van der Waals surface area contributed by atoms with E-state index in [9.17, 15) is 18.3 Å². The smallest absolute Gasteiger partial charge is 0.269 e. The van der Waals surface area contributed by atoms with E-state index in [4.69, 9.17) is 14.7 Å². The molecule has 1 fully saturated rings. The van der Waals surface area contributed by atoms with Gasteiger partial charge in [0.2, 0.25) is 16.3 Å². The van der Waals surface area contributed by atoms with Crippen LogP contribution >= 0.6 is 15.9 Å². The van der Waals surface area contributed by atoms with Gasteiger partial charge in [0.25, 0.3) is 5.91 Å². The molecule has 4 N–H and O–H groups in total. The molecule has 1 heterocycles. The van der Waals surface area contributed by atoms with Crippen LogP contribution in [0.1, 0.15) is 30.4 Å². The van der Waals surface area contributed by atoms with Gasteiger partial charge in [-0.15, -0.1) is 0 Å². The zero-order valence-corrected chi connectivity index (χ0v) is 20.3. The molecule has 0 aliphatic carbocycles. The van der Waals surface area contributed by atoms with Gasteiger partial charge in [0, 0.05) is 19.4 Å². The third-order valence-electron chi connectivity index (χ3n) is 5.02. The van der Waals surface area contributed by atoms with Crippen molar-refractivity contribution in [3.63, 3.8) is 0 Å². The summed E-state index contributed by atoms with van der Waals surface area (Å²) in [6.07, 6.45) is 2.85. The molecule has 33 heavy (non-hydrogen) atoms. The van der Waals surface area contributed by atoms with Gasteiger partial charge in [0.1, 0.15) is 11.5 Å². The Balaban J connectivity index is 1.63. The van der Waals surface area contributed by atoms with Gasteiger partial charge in [-0.05, 0) is 70.6 Å². The Morgan fingerprint density at radius 2 is 1.94 bits per heavy atom. The number of phenolic OH excluding ortho intramolecular Hbond substituents is 1. The number of nitrogens with two attached hydrogens (primary N) is 1. The number of amides is 1. The zero-order valence-electron chi connectivity index (χ0n) is 17.9. The minimum Gasteiger partial charge on any atom is -0.507 e. The third kappa shape index (κ3) is 7.81. The van der Waals surface area contributed by atoms with Crippen molar-refractivity contribution >= 4 is 37.6 Å². The average Bonchev–Trinajstić information content (AvgIpc) is 2.79. The molecule has 3 rings (SSSR count). The summed E-state index contributed by atoms with van der Waals surface area (Å²) in [5.74, 6) is -0.293. The Morgan fingerprint density at radius 1 is 1.21 bits per heavy atom. The molecule has 1 aliphatic rings. The highest BCUT2D eigenvalue weighted by molar-refractivity contribution is 9.10. The fourth-order valence-corrected chi connectivity index (χ4v) is 4.13. The van der Waals surface area contributed by atoms with Crippen LogP contribution < -0.4 is 10.5 Å². The first-order valence-electron chi connectivity index (χ1n) is 10.4. The predicted molar refractivity (Wildman–Crippen MR) is 126 cm³/mol. The number of oxime groups is 1. The van der Waals surface area contributed by atoms with Gasteiger partial charge < -0.3 is 20.0 Å². The normalized spacial score (nSPS) is 16.9. The van der Waals surface area contributed by atoms with Crippen LogP contribution in [0.25, 0.3) is 0 Å². The minimum absolute atomic E-state index is 0.0341. The van der Waals surface area contributed by atoms with Crippen LogP contribution in [0.4, 0.5) is 0 Å². The quantitative estimate of drug-likeness (QED) is 0.330. The van der Waals surface area contributed by atoms with E-state index in [-0.39, 0.29) is 22.8 Å². The van der Waals surface area contributed by atoms with Gasteiger partial charge in [-0.1, -0.05) is 23.4 Å². The standard InChI is InChI=1S/C22H26BrN3O6S/c23-18-13-16(6-9-20(18)27)14-19(26-32-21-3-1-2-12-31-21)22(28)25-11-10-15-4-7-17(8-5-15)33(24,29)30/h4-9,13,21,27H,1-3,10-12,14H2,(H,25,28)(H2,24,29,30)/b26-19+. The number of hydrogen-bond acceptors (Lipinski definition) is 7. The number of benzene rings is 2. The van der Waals surface area contributed by atoms with Gasteiger partial charge in [-0.25, -0.2) is 13.6 Å². The molecule has 9 nitrogen and oxygen atoms in total. The van der Waals surface area contributed by atoms with Crippen LogP contribution in [0.2, 0.25) is 0 Å². The molecule has 11 heteroatoms. The molecular weight excluding hydrogens is 514 g/mol. The number of nitrogens with one attached hydrogen (secondary N) is 1. The van der Waals surface area contributed by atoms with Gasteiger partial charge in [0.15, 0.2) is 0 Å². The highest BCUT2D eigenvalue weighted by atomic mass is 79.9. The van der Waals surface area contributed by atoms with E-state index < -0.39 is 22.2 Å². The molecule has 1 atom stereocenters. The summed E-state index contributed by atoms with van der Waals surface area (Å²) in [5, 5.41) is 21.7. The van der Waals surface area contributed by atoms with Crippen LogP contribution in [0.5, 0.6) is 5.75 Å². The maximum Gasteiger partial charge on any atom is 0.269 e. The van der Waals surface area contributed by atoms with Gasteiger partial charge >= 0.3 is 0 Å². The summed E-state index contributed by atoms with van der Waals surface area (Å²) >= 11 is 3.27. The second-order valence-corrected chi connectivity index (χ2v) is 10.0. The molecule has 2 aromatic rings. The summed E-state index contributed by atoms with van der Waals surface area (Å²) in [6, 6.07) is 11.1. The molecule has 1 aliphatic heterocycles. The fraction of sp³-hybridized carbons (Fsp3) is 0.364. The van der Waals surface area contributed by atoms with E-state index in [1.165, 1.54) is 18.2 Å². The molecule has 0 bridgehead atoms. The predicted octanol–water partition coefficient (Wildman–Crippen LogP) is 2.60. The summed E-state index contributed by atoms with van der Waals surface area (Å²) in [5.41, 5.74) is 1.78. The van der Waals surface area contributed by atoms with E-state index in [0.717, 1.165) is 24.0 Å². The lowest BCUT2D eigenvalue weighted by Crippen LogP contribution is -2.34. The minimum atomic E-state index is -3.74. The number of phenols is 1. The molecule has 0 saturated carbocycles. The maximum absolute atomic E-state index is 12.8. The van der Waals surface area contributed by atoms with Gasteiger partial charge in [-0.3, -0.25) is 4.79 Å². The van der Waals surface area contributed by atoms with Crippen molar-refractivity contribution in [2.45, 2.75) is 43.3 Å². The summed E-state index contributed by atoms with van der Waals surface area (Å²) < 4.78 is 28.7. The van der Waals surface area contributed by atoms with E-state index in [1.807, 2.05) is 0 Å². The summed E-state index contributed by atoms with van der Waals surface area (Å²) in [6.45, 7) is 0.905. The lowest BCUT2D eigenvalue weighted by atomic mass is 10.1. The van der Waals surface area contributed by atoms with E-state index in [0.29, 0.717) is 30.5 Å². The van der Waals surface area contributed by atoms with Crippen molar-refractivity contribution in [3.8, 4) is 5.75 Å². The number of carbonyl (C=O) groups excluding carboxylic acids is 1. The molecule has 0 aromatic heterocycles. The number of nitrogens with zero attached hydrogens (tertiary/aromatic N) is 1. The second-order valence-electron chi connectivity index (χ2n) is 7.60. The van der Waals surface area contributed by atoms with E-state index in [1.54, 1.807) is 24.3 Å². The number of ether oxygens (including phenoxy) is 1. The summed E-state index contributed by atoms with van der Waals surface area (Å²) in [4.78, 5) is 18.3. The number of primary sulfonamides is 1. The molecule has 1 amide bonds. The maximum atomic E-state index is 12.8. The Labute approximate surface area is 201 Å². The Bertz CT molecular complexity index is 1100. The first-order chi connectivity index (χ1) is 15.7. The molecular formula is C22H26BrN3O6S. The van der Waals surface area contributed by atoms with Crippen molar-refractivity contribution in [2.75, 3.05) is 13.2 Å². The van der Waals surface area contributed by atoms with Gasteiger partial charge in [-0.2, -0.15) is 0 Å². The highest BCUT2D eigenvalue weighted by Gasteiger charge is 2.18. The van der Waals surface area contributed by atoms with Gasteiger partial charge in [0.05, 0.1) is 16.0 Å². The number of hydrogen-bond donors (Lipinski definition) is 3. The third-order valence-corrected chi connectivity index (χ3v) is 6.58. The largest absolute Gasteiger partial charge is 0.507 e. The molecule has 1 saturated heterocycles. The topological polar surface area (TPSA) is 140 Å². The fourth-order valence-electron chi connectivity index (χ4n) is 3.19. The zero-order chi connectivity index (χ0) is 23.8. The van der Waals surface area contributed by atoms with Crippen molar-refractivity contribution in [3.05, 3.63) is 58.1 Å². The Kier molecular flexibility index (Phi) is 8.84.